The first kappa shape index (κ1) is 24.9. The van der Waals surface area contributed by atoms with Crippen molar-refractivity contribution in [3.63, 3.8) is 0 Å². The fourth-order valence-electron chi connectivity index (χ4n) is 3.83. The molecule has 0 bridgehead atoms. The summed E-state index contributed by atoms with van der Waals surface area (Å²) < 4.78 is 18.2. The molecule has 1 heterocycles. The second-order valence-electron chi connectivity index (χ2n) is 7.71. The number of rotatable bonds is 8. The number of nitrogens with zero attached hydrogens (tertiary/aromatic N) is 2. The average molecular weight is 602 g/mol. The topological polar surface area (TPSA) is 77.4 Å². The Balaban J connectivity index is 1.63. The van der Waals surface area contributed by atoms with Gasteiger partial charge in [-0.25, -0.2) is 5.01 Å². The zero-order valence-electron chi connectivity index (χ0n) is 19.0. The van der Waals surface area contributed by atoms with E-state index in [-0.39, 0.29) is 18.6 Å². The van der Waals surface area contributed by atoms with Crippen molar-refractivity contribution in [3.05, 3.63) is 86.3 Å². The van der Waals surface area contributed by atoms with E-state index in [1.807, 2.05) is 42.5 Å². The van der Waals surface area contributed by atoms with Gasteiger partial charge in [0.15, 0.2) is 24.4 Å². The molecule has 35 heavy (non-hydrogen) atoms. The predicted octanol–water partition coefficient (Wildman–Crippen LogP) is 5.80. The Morgan fingerprint density at radius 2 is 1.66 bits per heavy atom. The van der Waals surface area contributed by atoms with E-state index in [1.165, 1.54) is 5.01 Å². The molecule has 7 nitrogen and oxygen atoms in total. The zero-order valence-corrected chi connectivity index (χ0v) is 22.2. The highest BCUT2D eigenvalue weighted by Gasteiger charge is 2.34. The van der Waals surface area contributed by atoms with Crippen molar-refractivity contribution < 1.29 is 23.8 Å². The summed E-state index contributed by atoms with van der Waals surface area (Å²) >= 11 is 6.78. The van der Waals surface area contributed by atoms with E-state index < -0.39 is 0 Å². The van der Waals surface area contributed by atoms with Crippen LogP contribution in [0.5, 0.6) is 17.2 Å². The molecule has 0 saturated heterocycles. The SMILES string of the molecule is COc1ccc(C2CC(c3ccc(Br)cc3)=NN2C(=O)COc2ccc(Br)cc2C=O)cc1OC. The first-order valence-corrected chi connectivity index (χ1v) is 12.3. The first-order valence-electron chi connectivity index (χ1n) is 10.7. The summed E-state index contributed by atoms with van der Waals surface area (Å²) in [5, 5.41) is 6.11. The van der Waals surface area contributed by atoms with E-state index in [0.717, 1.165) is 25.8 Å². The molecule has 180 valence electrons. The van der Waals surface area contributed by atoms with Crippen molar-refractivity contribution in [3.8, 4) is 17.2 Å². The predicted molar refractivity (Wildman–Crippen MR) is 139 cm³/mol. The van der Waals surface area contributed by atoms with Crippen molar-refractivity contribution in [2.75, 3.05) is 20.8 Å². The van der Waals surface area contributed by atoms with Crippen molar-refractivity contribution in [2.24, 2.45) is 5.10 Å². The number of hydrogen-bond acceptors (Lipinski definition) is 6. The molecule has 1 aliphatic rings. The molecule has 1 unspecified atom stereocenters. The summed E-state index contributed by atoms with van der Waals surface area (Å²) in [5.41, 5.74) is 2.90. The van der Waals surface area contributed by atoms with Crippen LogP contribution >= 0.6 is 31.9 Å². The van der Waals surface area contributed by atoms with Crippen LogP contribution in [0.4, 0.5) is 0 Å². The minimum atomic E-state index is -0.361. The maximum absolute atomic E-state index is 13.3. The summed E-state index contributed by atoms with van der Waals surface area (Å²) in [6.07, 6.45) is 1.21. The number of carbonyl (C=O) groups is 2. The van der Waals surface area contributed by atoms with Crippen LogP contribution in [0.25, 0.3) is 0 Å². The summed E-state index contributed by atoms with van der Waals surface area (Å²) in [6, 6.07) is 18.0. The number of hydrogen-bond donors (Lipinski definition) is 0. The molecular formula is C26H22Br2N2O5. The van der Waals surface area contributed by atoms with Crippen LogP contribution in [0.2, 0.25) is 0 Å². The number of benzene rings is 3. The standard InChI is InChI=1S/C26H22Br2N2O5/c1-33-24-9-5-17(12-25(24)34-2)22-13-21(16-3-6-19(27)7-4-16)29-30(22)26(32)15-35-23-10-8-20(28)11-18(23)14-31/h3-12,14,22H,13,15H2,1-2H3. The zero-order chi connectivity index (χ0) is 24.9. The van der Waals surface area contributed by atoms with Crippen molar-refractivity contribution >= 4 is 49.8 Å². The Morgan fingerprint density at radius 1 is 0.971 bits per heavy atom. The molecule has 1 aliphatic heterocycles. The monoisotopic (exact) mass is 600 g/mol. The van der Waals surface area contributed by atoms with Crippen LogP contribution in [0.1, 0.15) is 33.9 Å². The molecule has 0 aromatic heterocycles. The van der Waals surface area contributed by atoms with Gasteiger partial charge in [-0.2, -0.15) is 5.10 Å². The maximum Gasteiger partial charge on any atom is 0.281 e. The van der Waals surface area contributed by atoms with Gasteiger partial charge >= 0.3 is 0 Å². The van der Waals surface area contributed by atoms with Crippen LogP contribution in [-0.2, 0) is 4.79 Å². The number of hydrazone groups is 1. The fraction of sp³-hybridized carbons (Fsp3) is 0.192. The molecule has 0 aliphatic carbocycles. The first-order chi connectivity index (χ1) is 16.9. The van der Waals surface area contributed by atoms with Crippen molar-refractivity contribution in [2.45, 2.75) is 12.5 Å². The molecule has 9 heteroatoms. The molecule has 0 radical (unpaired) electrons. The van der Waals surface area contributed by atoms with E-state index in [4.69, 9.17) is 14.2 Å². The van der Waals surface area contributed by atoms with E-state index >= 15 is 0 Å². The highest BCUT2D eigenvalue weighted by Crippen LogP contribution is 2.37. The number of halogens is 2. The molecule has 0 N–H and O–H groups in total. The summed E-state index contributed by atoms with van der Waals surface area (Å²) in [7, 11) is 3.14. The van der Waals surface area contributed by atoms with Crippen LogP contribution in [-0.4, -0.2) is 43.7 Å². The molecule has 0 saturated carbocycles. The number of aldehydes is 1. The van der Waals surface area contributed by atoms with Gasteiger partial charge in [-0.1, -0.05) is 50.1 Å². The van der Waals surface area contributed by atoms with Crippen LogP contribution in [0, 0.1) is 0 Å². The smallest absolute Gasteiger partial charge is 0.281 e. The van der Waals surface area contributed by atoms with E-state index in [9.17, 15) is 9.59 Å². The second kappa shape index (κ2) is 11.0. The van der Waals surface area contributed by atoms with Gasteiger partial charge in [-0.05, 0) is 53.6 Å². The van der Waals surface area contributed by atoms with Gasteiger partial charge in [0.25, 0.3) is 5.91 Å². The number of carbonyl (C=O) groups excluding carboxylic acids is 2. The molecule has 1 amide bonds. The Bertz CT molecular complexity index is 1280. The lowest BCUT2D eigenvalue weighted by Gasteiger charge is -2.23. The molecule has 0 spiro atoms. The van der Waals surface area contributed by atoms with Crippen LogP contribution in [0.15, 0.2) is 74.7 Å². The van der Waals surface area contributed by atoms with Crippen LogP contribution in [0.3, 0.4) is 0 Å². The minimum absolute atomic E-state index is 0.274. The lowest BCUT2D eigenvalue weighted by Crippen LogP contribution is -2.31. The van der Waals surface area contributed by atoms with Gasteiger partial charge < -0.3 is 14.2 Å². The Kier molecular flexibility index (Phi) is 7.87. The Labute approximate surface area is 219 Å². The highest BCUT2D eigenvalue weighted by atomic mass is 79.9. The number of methoxy groups -OCH3 is 2. The lowest BCUT2D eigenvalue weighted by molar-refractivity contribution is -0.135. The number of ether oxygens (including phenoxy) is 3. The second-order valence-corrected chi connectivity index (χ2v) is 9.55. The maximum atomic E-state index is 13.3. The Hall–Kier alpha value is -3.17. The minimum Gasteiger partial charge on any atom is -0.493 e. The highest BCUT2D eigenvalue weighted by molar-refractivity contribution is 9.10. The van der Waals surface area contributed by atoms with Gasteiger partial charge in [-0.15, -0.1) is 0 Å². The van der Waals surface area contributed by atoms with Gasteiger partial charge in [-0.3, -0.25) is 9.59 Å². The third-order valence-corrected chi connectivity index (χ3v) is 6.61. The average Bonchev–Trinajstić information content (AvgIpc) is 3.33. The van der Waals surface area contributed by atoms with Crippen LogP contribution < -0.4 is 14.2 Å². The third-order valence-electron chi connectivity index (χ3n) is 5.59. The Morgan fingerprint density at radius 3 is 2.34 bits per heavy atom. The van der Waals surface area contributed by atoms with E-state index in [0.29, 0.717) is 35.5 Å². The summed E-state index contributed by atoms with van der Waals surface area (Å²) in [4.78, 5) is 24.7. The number of amides is 1. The largest absolute Gasteiger partial charge is 0.493 e. The lowest BCUT2D eigenvalue weighted by atomic mass is 9.98. The van der Waals surface area contributed by atoms with Crippen molar-refractivity contribution in [1.29, 1.82) is 0 Å². The summed E-state index contributed by atoms with van der Waals surface area (Å²) in [5.74, 6) is 1.16. The fourth-order valence-corrected chi connectivity index (χ4v) is 4.47. The van der Waals surface area contributed by atoms with Gasteiger partial charge in [0, 0.05) is 15.4 Å². The normalized spacial score (nSPS) is 14.9. The van der Waals surface area contributed by atoms with Gasteiger partial charge in [0.2, 0.25) is 0 Å². The molecular weight excluding hydrogens is 580 g/mol. The molecule has 0 fully saturated rings. The molecule has 3 aromatic carbocycles. The van der Waals surface area contributed by atoms with E-state index in [1.54, 1.807) is 32.4 Å². The quantitative estimate of drug-likeness (QED) is 0.305. The molecule has 1 atom stereocenters. The van der Waals surface area contributed by atoms with E-state index in [2.05, 4.69) is 37.0 Å². The molecule has 4 rings (SSSR count). The summed E-state index contributed by atoms with van der Waals surface area (Å²) in [6.45, 7) is -0.274. The van der Waals surface area contributed by atoms with Crippen molar-refractivity contribution in [1.82, 2.24) is 5.01 Å². The third kappa shape index (κ3) is 5.57. The van der Waals surface area contributed by atoms with Gasteiger partial charge in [0.05, 0.1) is 31.5 Å². The molecule has 3 aromatic rings. The van der Waals surface area contributed by atoms with Gasteiger partial charge in [0.1, 0.15) is 5.75 Å².